The Labute approximate surface area is 161 Å². The number of fused-ring (bicyclic) bond motifs is 2. The minimum Gasteiger partial charge on any atom is -0.454 e. The van der Waals surface area contributed by atoms with Crippen LogP contribution >= 0.6 is 0 Å². The van der Waals surface area contributed by atoms with Crippen LogP contribution in [0.1, 0.15) is 18.9 Å². The molecule has 28 heavy (non-hydrogen) atoms. The zero-order valence-corrected chi connectivity index (χ0v) is 15.4. The highest BCUT2D eigenvalue weighted by Gasteiger charge is 2.19. The first-order chi connectivity index (χ1) is 13.6. The van der Waals surface area contributed by atoms with Crippen molar-refractivity contribution in [3.05, 3.63) is 42.0 Å². The number of amides is 2. The number of nitrogens with zero attached hydrogens (tertiary/aromatic N) is 1. The number of carbonyl (C=O) groups is 2. The SMILES string of the molecule is CC(=O)N(CCC(=O)NCc1ccc2c(c1)OCO2)c1ccc2c(c1)OCO2. The van der Waals surface area contributed by atoms with E-state index in [-0.39, 0.29) is 38.4 Å². The highest BCUT2D eigenvalue weighted by molar-refractivity contribution is 5.92. The summed E-state index contributed by atoms with van der Waals surface area (Å²) in [7, 11) is 0. The number of nitrogens with one attached hydrogen (secondary N) is 1. The van der Waals surface area contributed by atoms with Crippen LogP contribution in [-0.2, 0) is 16.1 Å². The van der Waals surface area contributed by atoms with Crippen LogP contribution in [0.5, 0.6) is 23.0 Å². The van der Waals surface area contributed by atoms with Gasteiger partial charge in [0.05, 0.1) is 0 Å². The van der Waals surface area contributed by atoms with Crippen LogP contribution in [0.25, 0.3) is 0 Å². The normalized spacial score (nSPS) is 13.3. The van der Waals surface area contributed by atoms with Gasteiger partial charge in [0.15, 0.2) is 23.0 Å². The van der Waals surface area contributed by atoms with Gasteiger partial charge in [0, 0.05) is 38.2 Å². The molecule has 0 saturated heterocycles. The van der Waals surface area contributed by atoms with Gasteiger partial charge in [0.25, 0.3) is 0 Å². The fourth-order valence-electron chi connectivity index (χ4n) is 3.07. The maximum Gasteiger partial charge on any atom is 0.231 e. The second-order valence-corrected chi connectivity index (χ2v) is 6.42. The Morgan fingerprint density at radius 2 is 1.57 bits per heavy atom. The quantitative estimate of drug-likeness (QED) is 0.822. The van der Waals surface area contributed by atoms with Crippen molar-refractivity contribution in [2.45, 2.75) is 19.9 Å². The molecule has 0 aliphatic carbocycles. The van der Waals surface area contributed by atoms with Gasteiger partial charge < -0.3 is 29.2 Å². The van der Waals surface area contributed by atoms with Crippen molar-refractivity contribution in [3.8, 4) is 23.0 Å². The lowest BCUT2D eigenvalue weighted by Gasteiger charge is -2.21. The molecule has 2 aromatic rings. The number of hydrogen-bond donors (Lipinski definition) is 1. The van der Waals surface area contributed by atoms with Crippen LogP contribution in [0.4, 0.5) is 5.69 Å². The molecule has 0 bridgehead atoms. The number of hydrogen-bond acceptors (Lipinski definition) is 6. The molecular weight excluding hydrogens is 364 g/mol. The predicted octanol–water partition coefficient (Wildman–Crippen LogP) is 2.20. The van der Waals surface area contributed by atoms with E-state index in [4.69, 9.17) is 18.9 Å². The van der Waals surface area contributed by atoms with Crippen molar-refractivity contribution >= 4 is 17.5 Å². The summed E-state index contributed by atoms with van der Waals surface area (Å²) in [5, 5.41) is 2.86. The maximum atomic E-state index is 12.2. The Hall–Kier alpha value is -3.42. The number of rotatable bonds is 6. The van der Waals surface area contributed by atoms with Gasteiger partial charge in [-0.2, -0.15) is 0 Å². The van der Waals surface area contributed by atoms with Gasteiger partial charge in [0.1, 0.15) is 0 Å². The largest absolute Gasteiger partial charge is 0.454 e. The van der Waals surface area contributed by atoms with E-state index in [1.54, 1.807) is 23.1 Å². The third kappa shape index (κ3) is 3.80. The van der Waals surface area contributed by atoms with Gasteiger partial charge in [-0.1, -0.05) is 6.07 Å². The van der Waals surface area contributed by atoms with E-state index in [1.807, 2.05) is 18.2 Å². The Balaban J connectivity index is 1.32. The summed E-state index contributed by atoms with van der Waals surface area (Å²) in [5.74, 6) is 2.32. The maximum absolute atomic E-state index is 12.2. The van der Waals surface area contributed by atoms with Crippen LogP contribution in [-0.4, -0.2) is 31.9 Å². The third-order valence-electron chi connectivity index (χ3n) is 4.54. The number of ether oxygens (including phenoxy) is 4. The first-order valence-electron chi connectivity index (χ1n) is 8.93. The Bertz CT molecular complexity index is 914. The summed E-state index contributed by atoms with van der Waals surface area (Å²) in [4.78, 5) is 25.8. The Kier molecular flexibility index (Phi) is 4.92. The predicted molar refractivity (Wildman–Crippen MR) is 99.6 cm³/mol. The van der Waals surface area contributed by atoms with Gasteiger partial charge in [-0.3, -0.25) is 9.59 Å². The van der Waals surface area contributed by atoms with Crippen molar-refractivity contribution < 1.29 is 28.5 Å². The molecule has 0 aromatic heterocycles. The topological polar surface area (TPSA) is 86.3 Å². The van der Waals surface area contributed by atoms with E-state index in [0.717, 1.165) is 5.56 Å². The lowest BCUT2D eigenvalue weighted by atomic mass is 10.2. The van der Waals surface area contributed by atoms with Crippen LogP contribution in [0, 0.1) is 0 Å². The summed E-state index contributed by atoms with van der Waals surface area (Å²) in [5.41, 5.74) is 1.58. The number of carbonyl (C=O) groups excluding carboxylic acids is 2. The van der Waals surface area contributed by atoms with Crippen molar-refractivity contribution in [1.29, 1.82) is 0 Å². The van der Waals surface area contributed by atoms with Crippen molar-refractivity contribution in [1.82, 2.24) is 5.32 Å². The summed E-state index contributed by atoms with van der Waals surface area (Å²) in [6.45, 7) is 2.49. The molecule has 2 heterocycles. The molecule has 2 amide bonds. The van der Waals surface area contributed by atoms with Crippen LogP contribution in [0.15, 0.2) is 36.4 Å². The van der Waals surface area contributed by atoms with Gasteiger partial charge in [-0.15, -0.1) is 0 Å². The van der Waals surface area contributed by atoms with Gasteiger partial charge in [0.2, 0.25) is 25.4 Å². The molecule has 1 N–H and O–H groups in total. The van der Waals surface area contributed by atoms with Crippen molar-refractivity contribution in [3.63, 3.8) is 0 Å². The Morgan fingerprint density at radius 1 is 0.929 bits per heavy atom. The third-order valence-corrected chi connectivity index (χ3v) is 4.54. The van der Waals surface area contributed by atoms with E-state index in [0.29, 0.717) is 35.2 Å². The van der Waals surface area contributed by atoms with Gasteiger partial charge >= 0.3 is 0 Å². The smallest absolute Gasteiger partial charge is 0.231 e. The fraction of sp³-hybridized carbons (Fsp3) is 0.300. The summed E-state index contributed by atoms with van der Waals surface area (Å²) >= 11 is 0. The molecule has 8 heteroatoms. The molecule has 0 spiro atoms. The number of anilines is 1. The highest BCUT2D eigenvalue weighted by atomic mass is 16.7. The summed E-state index contributed by atoms with van der Waals surface area (Å²) < 4.78 is 21.2. The number of benzene rings is 2. The first kappa shape index (κ1) is 18.0. The highest BCUT2D eigenvalue weighted by Crippen LogP contribution is 2.35. The molecule has 2 aliphatic heterocycles. The molecule has 4 rings (SSSR count). The molecule has 0 saturated carbocycles. The Morgan fingerprint density at radius 3 is 2.29 bits per heavy atom. The average molecular weight is 384 g/mol. The lowest BCUT2D eigenvalue weighted by molar-refractivity contribution is -0.121. The zero-order valence-electron chi connectivity index (χ0n) is 15.4. The van der Waals surface area contributed by atoms with E-state index < -0.39 is 0 Å². The van der Waals surface area contributed by atoms with Gasteiger partial charge in [-0.05, 0) is 29.8 Å². The average Bonchev–Trinajstić information content (AvgIpc) is 3.34. The lowest BCUT2D eigenvalue weighted by Crippen LogP contribution is -2.33. The molecule has 0 radical (unpaired) electrons. The first-order valence-corrected chi connectivity index (χ1v) is 8.93. The summed E-state index contributed by atoms with van der Waals surface area (Å²) in [6.07, 6.45) is 0.179. The van der Waals surface area contributed by atoms with E-state index in [1.165, 1.54) is 6.92 Å². The summed E-state index contributed by atoms with van der Waals surface area (Å²) in [6, 6.07) is 10.8. The molecular formula is C20H20N2O6. The van der Waals surface area contributed by atoms with E-state index in [2.05, 4.69) is 5.32 Å². The molecule has 146 valence electrons. The molecule has 0 atom stereocenters. The standard InChI is InChI=1S/C20H20N2O6/c1-13(23)22(15-3-5-17-19(9-15)28-12-26-17)7-6-20(24)21-10-14-2-4-16-18(8-14)27-11-25-16/h2-5,8-9H,6-7,10-12H2,1H3,(H,21,24). The second kappa shape index (κ2) is 7.67. The monoisotopic (exact) mass is 384 g/mol. The minimum atomic E-state index is -0.151. The molecule has 2 aromatic carbocycles. The zero-order chi connectivity index (χ0) is 19.5. The van der Waals surface area contributed by atoms with Gasteiger partial charge in [-0.25, -0.2) is 0 Å². The molecule has 0 fully saturated rings. The molecule has 2 aliphatic rings. The van der Waals surface area contributed by atoms with Crippen LogP contribution in [0.2, 0.25) is 0 Å². The fourth-order valence-corrected chi connectivity index (χ4v) is 3.07. The van der Waals surface area contributed by atoms with Crippen LogP contribution in [0.3, 0.4) is 0 Å². The van der Waals surface area contributed by atoms with Crippen LogP contribution < -0.4 is 29.2 Å². The van der Waals surface area contributed by atoms with E-state index >= 15 is 0 Å². The molecule has 8 nitrogen and oxygen atoms in total. The minimum absolute atomic E-state index is 0.148. The van der Waals surface area contributed by atoms with Crippen molar-refractivity contribution in [2.24, 2.45) is 0 Å². The molecule has 0 unspecified atom stereocenters. The second-order valence-electron chi connectivity index (χ2n) is 6.42. The van der Waals surface area contributed by atoms with E-state index in [9.17, 15) is 9.59 Å². The van der Waals surface area contributed by atoms with Crippen molar-refractivity contribution in [2.75, 3.05) is 25.0 Å².